The summed E-state index contributed by atoms with van der Waals surface area (Å²) in [6.45, 7) is 1.94. The van der Waals surface area contributed by atoms with Crippen molar-refractivity contribution in [2.75, 3.05) is 6.61 Å². The molecular formula is C12H12BrFO3. The number of halogens is 2. The van der Waals surface area contributed by atoms with Gasteiger partial charge in [0.25, 0.3) is 0 Å². The Morgan fingerprint density at radius 2 is 2.12 bits per heavy atom. The Balaban J connectivity index is 2.59. The fraction of sp³-hybridized carbons (Fsp3) is 0.333. The third-order valence-corrected chi connectivity index (χ3v) is 2.79. The van der Waals surface area contributed by atoms with Crippen LogP contribution in [0.3, 0.4) is 0 Å². The van der Waals surface area contributed by atoms with E-state index in [0.717, 1.165) is 0 Å². The average Bonchev–Trinajstić information content (AvgIpc) is 2.22. The lowest BCUT2D eigenvalue weighted by Gasteiger charge is -2.04. The van der Waals surface area contributed by atoms with Gasteiger partial charge in [-0.3, -0.25) is 9.59 Å². The van der Waals surface area contributed by atoms with Gasteiger partial charge in [-0.25, -0.2) is 4.39 Å². The average molecular weight is 303 g/mol. The molecule has 3 nitrogen and oxygen atoms in total. The molecule has 0 saturated heterocycles. The van der Waals surface area contributed by atoms with Crippen molar-refractivity contribution in [1.82, 2.24) is 0 Å². The molecule has 92 valence electrons. The van der Waals surface area contributed by atoms with Crippen LogP contribution in [0.15, 0.2) is 22.7 Å². The second-order valence-electron chi connectivity index (χ2n) is 3.43. The zero-order valence-corrected chi connectivity index (χ0v) is 10.9. The summed E-state index contributed by atoms with van der Waals surface area (Å²) in [7, 11) is 0. The molecule has 1 aromatic carbocycles. The number of hydrogen-bond acceptors (Lipinski definition) is 3. The molecule has 5 heteroatoms. The van der Waals surface area contributed by atoms with Crippen molar-refractivity contribution in [3.05, 3.63) is 34.1 Å². The summed E-state index contributed by atoms with van der Waals surface area (Å²) in [5.41, 5.74) is 0.653. The van der Waals surface area contributed by atoms with E-state index in [1.165, 1.54) is 18.2 Å². The number of carbonyl (C=O) groups excluding carboxylic acids is 2. The fourth-order valence-electron chi connectivity index (χ4n) is 1.31. The summed E-state index contributed by atoms with van der Waals surface area (Å²) in [6, 6.07) is 4.08. The first-order chi connectivity index (χ1) is 8.02. The Labute approximate surface area is 107 Å². The number of esters is 1. The van der Waals surface area contributed by atoms with Gasteiger partial charge in [-0.1, -0.05) is 22.0 Å². The van der Waals surface area contributed by atoms with Gasteiger partial charge < -0.3 is 4.74 Å². The van der Waals surface area contributed by atoms with E-state index in [0.29, 0.717) is 10.0 Å². The van der Waals surface area contributed by atoms with E-state index < -0.39 is 5.97 Å². The van der Waals surface area contributed by atoms with Crippen molar-refractivity contribution in [3.63, 3.8) is 0 Å². The number of ether oxygens (including phenoxy) is 1. The summed E-state index contributed by atoms with van der Waals surface area (Å²) in [6.07, 6.45) is -0.169. The zero-order chi connectivity index (χ0) is 12.8. The van der Waals surface area contributed by atoms with Crippen molar-refractivity contribution >= 4 is 27.7 Å². The lowest BCUT2D eigenvalue weighted by molar-refractivity contribution is -0.145. The quantitative estimate of drug-likeness (QED) is 0.620. The van der Waals surface area contributed by atoms with E-state index in [-0.39, 0.29) is 31.0 Å². The maximum atomic E-state index is 12.8. The molecule has 0 amide bonds. The first kappa shape index (κ1) is 13.8. The van der Waals surface area contributed by atoms with Crippen molar-refractivity contribution in [2.45, 2.75) is 19.8 Å². The summed E-state index contributed by atoms with van der Waals surface area (Å²) in [5.74, 6) is -1.16. The van der Waals surface area contributed by atoms with Crippen LogP contribution in [0.4, 0.5) is 4.39 Å². The van der Waals surface area contributed by atoms with Crippen LogP contribution in [-0.2, 0) is 20.7 Å². The van der Waals surface area contributed by atoms with Crippen LogP contribution in [0.5, 0.6) is 0 Å². The zero-order valence-electron chi connectivity index (χ0n) is 9.33. The topological polar surface area (TPSA) is 43.4 Å². The summed E-state index contributed by atoms with van der Waals surface area (Å²) >= 11 is 3.16. The smallest absolute Gasteiger partial charge is 0.313 e. The number of rotatable bonds is 5. The van der Waals surface area contributed by atoms with Crippen LogP contribution in [0, 0.1) is 5.82 Å². The molecule has 17 heavy (non-hydrogen) atoms. The van der Waals surface area contributed by atoms with Crippen LogP contribution < -0.4 is 0 Å². The predicted molar refractivity (Wildman–Crippen MR) is 64.1 cm³/mol. The molecular weight excluding hydrogens is 291 g/mol. The van der Waals surface area contributed by atoms with Crippen LogP contribution in [0.2, 0.25) is 0 Å². The van der Waals surface area contributed by atoms with E-state index in [2.05, 4.69) is 20.7 Å². The molecule has 0 fully saturated rings. The van der Waals surface area contributed by atoms with Crippen molar-refractivity contribution in [2.24, 2.45) is 0 Å². The van der Waals surface area contributed by atoms with Crippen LogP contribution in [0.1, 0.15) is 18.9 Å². The Hall–Kier alpha value is -1.23. The molecule has 0 aromatic heterocycles. The maximum Gasteiger partial charge on any atom is 0.313 e. The highest BCUT2D eigenvalue weighted by atomic mass is 79.9. The Morgan fingerprint density at radius 1 is 1.41 bits per heavy atom. The van der Waals surface area contributed by atoms with Crippen LogP contribution in [0.25, 0.3) is 0 Å². The van der Waals surface area contributed by atoms with Gasteiger partial charge in [-0.15, -0.1) is 0 Å². The van der Waals surface area contributed by atoms with Gasteiger partial charge in [0.05, 0.1) is 6.61 Å². The van der Waals surface area contributed by atoms with Crippen molar-refractivity contribution in [1.29, 1.82) is 0 Å². The predicted octanol–water partition coefficient (Wildman–Crippen LogP) is 2.65. The molecule has 1 rings (SSSR count). The third-order valence-electron chi connectivity index (χ3n) is 2.05. The molecule has 0 aliphatic carbocycles. The molecule has 0 saturated carbocycles. The van der Waals surface area contributed by atoms with E-state index in [1.54, 1.807) is 6.92 Å². The van der Waals surface area contributed by atoms with Crippen LogP contribution >= 0.6 is 15.9 Å². The van der Waals surface area contributed by atoms with Crippen LogP contribution in [-0.4, -0.2) is 18.4 Å². The molecule has 1 aromatic rings. The summed E-state index contributed by atoms with van der Waals surface area (Å²) in [5, 5.41) is 0. The van der Waals surface area contributed by atoms with Gasteiger partial charge in [0.2, 0.25) is 0 Å². The lowest BCUT2D eigenvalue weighted by Crippen LogP contribution is -2.13. The number of hydrogen-bond donors (Lipinski definition) is 0. The van der Waals surface area contributed by atoms with E-state index >= 15 is 0 Å². The Kier molecular flexibility index (Phi) is 5.28. The molecule has 0 atom stereocenters. The monoisotopic (exact) mass is 302 g/mol. The molecule has 0 radical (unpaired) electrons. The molecule has 0 heterocycles. The highest BCUT2D eigenvalue weighted by Gasteiger charge is 2.12. The van der Waals surface area contributed by atoms with Gasteiger partial charge in [-0.2, -0.15) is 0 Å². The Bertz CT molecular complexity index is 432. The molecule has 0 bridgehead atoms. The second kappa shape index (κ2) is 6.49. The minimum absolute atomic E-state index is 0.0830. The molecule has 0 N–H and O–H groups in total. The normalized spacial score (nSPS) is 10.1. The second-order valence-corrected chi connectivity index (χ2v) is 4.29. The summed E-state index contributed by atoms with van der Waals surface area (Å²) < 4.78 is 18.0. The highest BCUT2D eigenvalue weighted by Crippen LogP contribution is 2.19. The Morgan fingerprint density at radius 3 is 2.71 bits per heavy atom. The first-order valence-electron chi connectivity index (χ1n) is 5.14. The van der Waals surface area contributed by atoms with Gasteiger partial charge >= 0.3 is 5.97 Å². The number of benzene rings is 1. The first-order valence-corrected chi connectivity index (χ1v) is 5.93. The minimum atomic E-state index is -0.532. The number of carbonyl (C=O) groups is 2. The maximum absolute atomic E-state index is 12.8. The minimum Gasteiger partial charge on any atom is -0.466 e. The van der Waals surface area contributed by atoms with Gasteiger partial charge in [0.15, 0.2) is 0 Å². The van der Waals surface area contributed by atoms with Crippen molar-refractivity contribution in [3.8, 4) is 0 Å². The lowest BCUT2D eigenvalue weighted by atomic mass is 10.1. The fourth-order valence-corrected chi connectivity index (χ4v) is 1.80. The largest absolute Gasteiger partial charge is 0.466 e. The van der Waals surface area contributed by atoms with Crippen molar-refractivity contribution < 1.29 is 18.7 Å². The third kappa shape index (κ3) is 4.65. The van der Waals surface area contributed by atoms with E-state index in [9.17, 15) is 14.0 Å². The molecule has 0 spiro atoms. The summed E-state index contributed by atoms with van der Waals surface area (Å²) in [4.78, 5) is 22.6. The number of ketones is 1. The van der Waals surface area contributed by atoms with E-state index in [4.69, 9.17) is 0 Å². The van der Waals surface area contributed by atoms with Gasteiger partial charge in [-0.05, 0) is 24.6 Å². The van der Waals surface area contributed by atoms with Gasteiger partial charge in [0, 0.05) is 10.9 Å². The highest BCUT2D eigenvalue weighted by molar-refractivity contribution is 9.10. The molecule has 0 aliphatic heterocycles. The molecule has 0 aliphatic rings. The standard InChI is InChI=1S/C12H12BrFO3/c1-2-17-12(16)7-10(15)5-8-3-4-9(14)6-11(8)13/h3-4,6H,2,5,7H2,1H3. The SMILES string of the molecule is CCOC(=O)CC(=O)Cc1ccc(F)cc1Br. The van der Waals surface area contributed by atoms with Gasteiger partial charge in [0.1, 0.15) is 18.0 Å². The number of Topliss-reactive ketones (excluding diaryl/α,β-unsaturated/α-hetero) is 1. The van der Waals surface area contributed by atoms with E-state index in [1.807, 2.05) is 0 Å². The molecule has 0 unspecified atom stereocenters.